The number of nitrogens with zero attached hydrogens (tertiary/aromatic N) is 1. The van der Waals surface area contributed by atoms with Crippen LogP contribution in [-0.2, 0) is 4.74 Å². The van der Waals surface area contributed by atoms with Crippen LogP contribution in [0.5, 0.6) is 0 Å². The standard InChI is InChI=1S/C12H25N3O2/c1-10(2)8-17-6-5-14-9-12(3-4-12)7-11(13)15-16/h10,14,16H,3-9H2,1-2H3,(H2,13,15). The van der Waals surface area contributed by atoms with Crippen molar-refractivity contribution in [1.29, 1.82) is 0 Å². The van der Waals surface area contributed by atoms with Crippen LogP contribution in [0.25, 0.3) is 0 Å². The molecular formula is C12H25N3O2. The Morgan fingerprint density at radius 1 is 1.53 bits per heavy atom. The van der Waals surface area contributed by atoms with Crippen molar-refractivity contribution in [2.75, 3.05) is 26.3 Å². The molecule has 0 aromatic rings. The molecule has 0 unspecified atom stereocenters. The number of ether oxygens (including phenoxy) is 1. The number of nitrogens with one attached hydrogen (secondary N) is 1. The highest BCUT2D eigenvalue weighted by molar-refractivity contribution is 5.80. The Hall–Kier alpha value is -0.810. The van der Waals surface area contributed by atoms with Gasteiger partial charge in [0.05, 0.1) is 6.61 Å². The fraction of sp³-hybridized carbons (Fsp3) is 0.917. The molecule has 17 heavy (non-hydrogen) atoms. The molecular weight excluding hydrogens is 218 g/mol. The van der Waals surface area contributed by atoms with Crippen LogP contribution in [0.1, 0.15) is 33.1 Å². The number of hydrogen-bond donors (Lipinski definition) is 3. The lowest BCUT2D eigenvalue weighted by Crippen LogP contribution is -2.30. The number of hydrogen-bond acceptors (Lipinski definition) is 4. The molecule has 4 N–H and O–H groups in total. The molecule has 0 aliphatic heterocycles. The third kappa shape index (κ3) is 5.89. The van der Waals surface area contributed by atoms with E-state index in [1.165, 1.54) is 0 Å². The molecule has 5 heteroatoms. The summed E-state index contributed by atoms with van der Waals surface area (Å²) in [7, 11) is 0. The van der Waals surface area contributed by atoms with Crippen LogP contribution in [0.15, 0.2) is 5.16 Å². The lowest BCUT2D eigenvalue weighted by atomic mass is 10.0. The Labute approximate surface area is 103 Å². The minimum Gasteiger partial charge on any atom is -0.409 e. The van der Waals surface area contributed by atoms with Crippen LogP contribution in [0.3, 0.4) is 0 Å². The first-order valence-corrected chi connectivity index (χ1v) is 6.33. The monoisotopic (exact) mass is 243 g/mol. The van der Waals surface area contributed by atoms with Gasteiger partial charge in [-0.15, -0.1) is 0 Å². The van der Waals surface area contributed by atoms with Crippen molar-refractivity contribution < 1.29 is 9.94 Å². The number of nitrogens with two attached hydrogens (primary N) is 1. The zero-order valence-corrected chi connectivity index (χ0v) is 10.9. The Balaban J connectivity index is 2.03. The first-order chi connectivity index (χ1) is 8.08. The normalized spacial score (nSPS) is 18.6. The van der Waals surface area contributed by atoms with Crippen LogP contribution in [0, 0.1) is 11.3 Å². The first-order valence-electron chi connectivity index (χ1n) is 6.33. The van der Waals surface area contributed by atoms with Crippen molar-refractivity contribution >= 4 is 5.84 Å². The summed E-state index contributed by atoms with van der Waals surface area (Å²) < 4.78 is 5.48. The maximum atomic E-state index is 8.54. The van der Waals surface area contributed by atoms with E-state index in [2.05, 4.69) is 24.3 Å². The van der Waals surface area contributed by atoms with Crippen LogP contribution in [-0.4, -0.2) is 37.3 Å². The van der Waals surface area contributed by atoms with Gasteiger partial charge in [0.1, 0.15) is 5.84 Å². The van der Waals surface area contributed by atoms with E-state index in [0.717, 1.165) is 39.1 Å². The molecule has 0 bridgehead atoms. The molecule has 0 radical (unpaired) electrons. The molecule has 0 aromatic carbocycles. The zero-order chi connectivity index (χ0) is 12.7. The molecule has 5 nitrogen and oxygen atoms in total. The van der Waals surface area contributed by atoms with E-state index >= 15 is 0 Å². The fourth-order valence-electron chi connectivity index (χ4n) is 1.83. The second-order valence-corrected chi connectivity index (χ2v) is 5.41. The Morgan fingerprint density at radius 3 is 2.76 bits per heavy atom. The maximum absolute atomic E-state index is 8.54. The van der Waals surface area contributed by atoms with Crippen LogP contribution in [0.4, 0.5) is 0 Å². The highest BCUT2D eigenvalue weighted by atomic mass is 16.5. The van der Waals surface area contributed by atoms with Crippen molar-refractivity contribution in [1.82, 2.24) is 5.32 Å². The topological polar surface area (TPSA) is 79.9 Å². The number of amidine groups is 1. The molecule has 1 saturated carbocycles. The maximum Gasteiger partial charge on any atom is 0.139 e. The summed E-state index contributed by atoms with van der Waals surface area (Å²) in [5.74, 6) is 0.922. The van der Waals surface area contributed by atoms with Gasteiger partial charge in [0.25, 0.3) is 0 Å². The third-order valence-corrected chi connectivity index (χ3v) is 3.02. The molecule has 100 valence electrons. The molecule has 1 aliphatic rings. The number of oxime groups is 1. The molecule has 0 aromatic heterocycles. The third-order valence-electron chi connectivity index (χ3n) is 3.02. The fourth-order valence-corrected chi connectivity index (χ4v) is 1.83. The van der Waals surface area contributed by atoms with E-state index in [0.29, 0.717) is 18.2 Å². The average Bonchev–Trinajstić information content (AvgIpc) is 3.03. The van der Waals surface area contributed by atoms with Crippen molar-refractivity contribution in [2.45, 2.75) is 33.1 Å². The molecule has 0 spiro atoms. The SMILES string of the molecule is CC(C)COCCNCC1(CC(N)=NO)CC1. The minimum absolute atomic E-state index is 0.231. The van der Waals surface area contributed by atoms with Crippen molar-refractivity contribution in [3.63, 3.8) is 0 Å². The van der Waals surface area contributed by atoms with Gasteiger partial charge >= 0.3 is 0 Å². The van der Waals surface area contributed by atoms with Gasteiger partial charge in [-0.2, -0.15) is 0 Å². The quantitative estimate of drug-likeness (QED) is 0.187. The predicted molar refractivity (Wildman–Crippen MR) is 68.2 cm³/mol. The summed E-state index contributed by atoms with van der Waals surface area (Å²) in [5, 5.41) is 14.9. The van der Waals surface area contributed by atoms with Gasteiger partial charge in [0.2, 0.25) is 0 Å². The first kappa shape index (κ1) is 14.3. The molecule has 0 heterocycles. The molecule has 0 saturated heterocycles. The molecule has 0 atom stereocenters. The van der Waals surface area contributed by atoms with E-state index in [4.69, 9.17) is 15.7 Å². The summed E-state index contributed by atoms with van der Waals surface area (Å²) >= 11 is 0. The zero-order valence-electron chi connectivity index (χ0n) is 10.9. The predicted octanol–water partition coefficient (Wildman–Crippen LogP) is 1.17. The Kier molecular flexibility index (Phi) is 5.71. The molecule has 1 rings (SSSR count). The van der Waals surface area contributed by atoms with E-state index in [-0.39, 0.29) is 5.41 Å². The highest BCUT2D eigenvalue weighted by Gasteiger charge is 2.42. The summed E-state index contributed by atoms with van der Waals surface area (Å²) in [4.78, 5) is 0. The largest absolute Gasteiger partial charge is 0.409 e. The second kappa shape index (κ2) is 6.81. The van der Waals surface area contributed by atoms with E-state index in [1.807, 2.05) is 0 Å². The van der Waals surface area contributed by atoms with Crippen molar-refractivity contribution in [3.05, 3.63) is 0 Å². The van der Waals surface area contributed by atoms with Gasteiger partial charge in [-0.05, 0) is 24.2 Å². The van der Waals surface area contributed by atoms with Crippen LogP contribution >= 0.6 is 0 Å². The van der Waals surface area contributed by atoms with Crippen LogP contribution < -0.4 is 11.1 Å². The molecule has 0 amide bonds. The molecule has 1 fully saturated rings. The van der Waals surface area contributed by atoms with E-state index < -0.39 is 0 Å². The summed E-state index contributed by atoms with van der Waals surface area (Å²) in [5.41, 5.74) is 5.76. The second-order valence-electron chi connectivity index (χ2n) is 5.41. The lowest BCUT2D eigenvalue weighted by molar-refractivity contribution is 0.111. The van der Waals surface area contributed by atoms with Crippen LogP contribution in [0.2, 0.25) is 0 Å². The van der Waals surface area contributed by atoms with Gasteiger partial charge in [-0.25, -0.2) is 0 Å². The average molecular weight is 243 g/mol. The Bertz CT molecular complexity index is 250. The summed E-state index contributed by atoms with van der Waals surface area (Å²) in [6, 6.07) is 0. The van der Waals surface area contributed by atoms with Crippen molar-refractivity contribution in [3.8, 4) is 0 Å². The van der Waals surface area contributed by atoms with Gasteiger partial charge in [-0.3, -0.25) is 0 Å². The summed E-state index contributed by atoms with van der Waals surface area (Å²) in [6.07, 6.45) is 3.00. The van der Waals surface area contributed by atoms with Crippen molar-refractivity contribution in [2.24, 2.45) is 22.2 Å². The van der Waals surface area contributed by atoms with Gasteiger partial charge in [0.15, 0.2) is 0 Å². The van der Waals surface area contributed by atoms with Gasteiger partial charge < -0.3 is 21.0 Å². The highest BCUT2D eigenvalue weighted by Crippen LogP contribution is 2.48. The van der Waals surface area contributed by atoms with Gasteiger partial charge in [-0.1, -0.05) is 19.0 Å². The Morgan fingerprint density at radius 2 is 2.24 bits per heavy atom. The van der Waals surface area contributed by atoms with Gasteiger partial charge in [0, 0.05) is 26.1 Å². The van der Waals surface area contributed by atoms with E-state index in [9.17, 15) is 0 Å². The van der Waals surface area contributed by atoms with E-state index in [1.54, 1.807) is 0 Å². The smallest absolute Gasteiger partial charge is 0.139 e. The number of rotatable bonds is 9. The molecule has 1 aliphatic carbocycles. The lowest BCUT2D eigenvalue weighted by Gasteiger charge is -2.15. The summed E-state index contributed by atoms with van der Waals surface area (Å²) in [6.45, 7) is 7.64. The minimum atomic E-state index is 0.231.